The van der Waals surface area contributed by atoms with Crippen LogP contribution in [0.1, 0.15) is 31.3 Å². The van der Waals surface area contributed by atoms with Crippen LogP contribution in [0, 0.1) is 5.92 Å². The van der Waals surface area contributed by atoms with E-state index in [1.165, 1.54) is 10.6 Å². The van der Waals surface area contributed by atoms with E-state index in [-0.39, 0.29) is 0 Å². The van der Waals surface area contributed by atoms with E-state index in [0.29, 0.717) is 5.92 Å². The van der Waals surface area contributed by atoms with Gasteiger partial charge >= 0.3 is 0 Å². The second-order valence-corrected chi connectivity index (χ2v) is 5.83. The lowest BCUT2D eigenvalue weighted by Gasteiger charge is -2.06. The number of hydrogen-bond donors (Lipinski definition) is 1. The molecule has 18 heavy (non-hydrogen) atoms. The fourth-order valence-corrected chi connectivity index (χ4v) is 2.87. The predicted octanol–water partition coefficient (Wildman–Crippen LogP) is 3.71. The SMILES string of the molecule is CCc1nc(-c2ccco2)sc1CNCC(C)C. The first kappa shape index (κ1) is 13.3. The molecule has 0 aliphatic carbocycles. The van der Waals surface area contributed by atoms with E-state index >= 15 is 0 Å². The van der Waals surface area contributed by atoms with E-state index in [1.807, 2.05) is 12.1 Å². The second kappa shape index (κ2) is 6.16. The molecular weight excluding hydrogens is 244 g/mol. The van der Waals surface area contributed by atoms with Crippen molar-refractivity contribution in [3.63, 3.8) is 0 Å². The molecule has 2 rings (SSSR count). The van der Waals surface area contributed by atoms with Crippen LogP contribution in [0.2, 0.25) is 0 Å². The molecule has 0 bridgehead atoms. The van der Waals surface area contributed by atoms with E-state index in [4.69, 9.17) is 4.42 Å². The van der Waals surface area contributed by atoms with Gasteiger partial charge in [0.05, 0.1) is 12.0 Å². The first-order chi connectivity index (χ1) is 8.70. The van der Waals surface area contributed by atoms with Gasteiger partial charge in [0.2, 0.25) is 0 Å². The molecule has 0 atom stereocenters. The van der Waals surface area contributed by atoms with Crippen molar-refractivity contribution >= 4 is 11.3 Å². The van der Waals surface area contributed by atoms with Crippen molar-refractivity contribution in [2.24, 2.45) is 5.92 Å². The van der Waals surface area contributed by atoms with Gasteiger partial charge in [0.1, 0.15) is 0 Å². The Morgan fingerprint density at radius 1 is 1.44 bits per heavy atom. The summed E-state index contributed by atoms with van der Waals surface area (Å²) in [6, 6.07) is 3.86. The van der Waals surface area contributed by atoms with Gasteiger partial charge in [-0.15, -0.1) is 11.3 Å². The van der Waals surface area contributed by atoms with Crippen molar-refractivity contribution in [2.75, 3.05) is 6.54 Å². The molecule has 0 fully saturated rings. The van der Waals surface area contributed by atoms with E-state index < -0.39 is 0 Å². The van der Waals surface area contributed by atoms with Crippen molar-refractivity contribution in [2.45, 2.75) is 33.7 Å². The van der Waals surface area contributed by atoms with Crippen molar-refractivity contribution in [3.8, 4) is 10.8 Å². The Balaban J connectivity index is 2.10. The highest BCUT2D eigenvalue weighted by Gasteiger charge is 2.12. The molecule has 0 aromatic carbocycles. The molecule has 3 nitrogen and oxygen atoms in total. The summed E-state index contributed by atoms with van der Waals surface area (Å²) in [6.07, 6.45) is 2.66. The van der Waals surface area contributed by atoms with Crippen LogP contribution in [-0.2, 0) is 13.0 Å². The molecule has 0 unspecified atom stereocenters. The van der Waals surface area contributed by atoms with Crippen LogP contribution < -0.4 is 5.32 Å². The van der Waals surface area contributed by atoms with Crippen LogP contribution in [0.15, 0.2) is 22.8 Å². The van der Waals surface area contributed by atoms with Crippen LogP contribution in [-0.4, -0.2) is 11.5 Å². The van der Waals surface area contributed by atoms with Gasteiger partial charge in [-0.1, -0.05) is 20.8 Å². The molecule has 2 aromatic rings. The average Bonchev–Trinajstić information content (AvgIpc) is 2.96. The molecule has 0 saturated heterocycles. The minimum absolute atomic E-state index is 0.674. The number of aryl methyl sites for hydroxylation is 1. The van der Waals surface area contributed by atoms with Gasteiger partial charge < -0.3 is 9.73 Å². The zero-order chi connectivity index (χ0) is 13.0. The zero-order valence-electron chi connectivity index (χ0n) is 11.2. The molecule has 0 spiro atoms. The lowest BCUT2D eigenvalue weighted by Crippen LogP contribution is -2.18. The fraction of sp³-hybridized carbons (Fsp3) is 0.500. The highest BCUT2D eigenvalue weighted by molar-refractivity contribution is 7.15. The van der Waals surface area contributed by atoms with E-state index in [9.17, 15) is 0 Å². The summed E-state index contributed by atoms with van der Waals surface area (Å²) in [5.41, 5.74) is 1.18. The lowest BCUT2D eigenvalue weighted by atomic mass is 10.2. The standard InChI is InChI=1S/C14H20N2OS/c1-4-11-13(9-15-8-10(2)3)18-14(16-11)12-6-5-7-17-12/h5-7,10,15H,4,8-9H2,1-3H3. The number of hydrogen-bond acceptors (Lipinski definition) is 4. The Bertz CT molecular complexity index is 474. The van der Waals surface area contributed by atoms with Gasteiger partial charge in [-0.3, -0.25) is 0 Å². The van der Waals surface area contributed by atoms with Gasteiger partial charge in [-0.05, 0) is 31.0 Å². The van der Waals surface area contributed by atoms with Gasteiger partial charge in [-0.25, -0.2) is 4.98 Å². The van der Waals surface area contributed by atoms with Crippen molar-refractivity contribution < 1.29 is 4.42 Å². The third-order valence-corrected chi connectivity index (χ3v) is 3.80. The summed E-state index contributed by atoms with van der Waals surface area (Å²) < 4.78 is 5.40. The van der Waals surface area contributed by atoms with Gasteiger partial charge in [-0.2, -0.15) is 0 Å². The third kappa shape index (κ3) is 3.21. The summed E-state index contributed by atoms with van der Waals surface area (Å²) in [6.45, 7) is 8.52. The van der Waals surface area contributed by atoms with Crippen LogP contribution in [0.4, 0.5) is 0 Å². The van der Waals surface area contributed by atoms with Crippen LogP contribution in [0.3, 0.4) is 0 Å². The Morgan fingerprint density at radius 2 is 2.28 bits per heavy atom. The summed E-state index contributed by atoms with van der Waals surface area (Å²) in [7, 11) is 0. The number of thiazole rings is 1. The maximum Gasteiger partial charge on any atom is 0.162 e. The summed E-state index contributed by atoms with van der Waals surface area (Å²) in [4.78, 5) is 5.98. The smallest absolute Gasteiger partial charge is 0.162 e. The van der Waals surface area contributed by atoms with E-state index in [0.717, 1.165) is 30.3 Å². The maximum atomic E-state index is 5.40. The van der Waals surface area contributed by atoms with Crippen molar-refractivity contribution in [3.05, 3.63) is 29.0 Å². The summed E-state index contributed by atoms with van der Waals surface area (Å²) in [5.74, 6) is 1.54. The second-order valence-electron chi connectivity index (χ2n) is 4.74. The number of furan rings is 1. The molecule has 1 N–H and O–H groups in total. The van der Waals surface area contributed by atoms with Crippen LogP contribution >= 0.6 is 11.3 Å². The van der Waals surface area contributed by atoms with Crippen LogP contribution in [0.5, 0.6) is 0 Å². The normalized spacial score (nSPS) is 11.3. The first-order valence-corrected chi connectivity index (χ1v) is 7.25. The molecule has 0 aliphatic rings. The number of aromatic nitrogens is 1. The Kier molecular flexibility index (Phi) is 4.55. The van der Waals surface area contributed by atoms with Crippen molar-refractivity contribution in [1.29, 1.82) is 0 Å². The lowest BCUT2D eigenvalue weighted by molar-refractivity contribution is 0.553. The van der Waals surface area contributed by atoms with Gasteiger partial charge in [0.15, 0.2) is 10.8 Å². The van der Waals surface area contributed by atoms with E-state index in [1.54, 1.807) is 17.6 Å². The highest BCUT2D eigenvalue weighted by atomic mass is 32.1. The number of rotatable bonds is 6. The minimum atomic E-state index is 0.674. The highest BCUT2D eigenvalue weighted by Crippen LogP contribution is 2.28. The number of nitrogens with one attached hydrogen (secondary N) is 1. The Morgan fingerprint density at radius 3 is 2.89 bits per heavy atom. The van der Waals surface area contributed by atoms with Crippen LogP contribution in [0.25, 0.3) is 10.8 Å². The largest absolute Gasteiger partial charge is 0.462 e. The molecule has 0 radical (unpaired) electrons. The van der Waals surface area contributed by atoms with Gasteiger partial charge in [0.25, 0.3) is 0 Å². The monoisotopic (exact) mass is 264 g/mol. The quantitative estimate of drug-likeness (QED) is 0.864. The third-order valence-electron chi connectivity index (χ3n) is 2.68. The fourth-order valence-electron chi connectivity index (χ4n) is 1.78. The molecule has 0 aliphatic heterocycles. The number of nitrogens with zero attached hydrogens (tertiary/aromatic N) is 1. The zero-order valence-corrected chi connectivity index (χ0v) is 12.0. The molecule has 98 valence electrons. The summed E-state index contributed by atoms with van der Waals surface area (Å²) in [5, 5.41) is 4.46. The molecule has 0 amide bonds. The molecule has 2 heterocycles. The average molecular weight is 264 g/mol. The first-order valence-electron chi connectivity index (χ1n) is 6.43. The van der Waals surface area contributed by atoms with Crippen molar-refractivity contribution in [1.82, 2.24) is 10.3 Å². The Labute approximate surface area is 112 Å². The predicted molar refractivity (Wildman–Crippen MR) is 75.7 cm³/mol. The van der Waals surface area contributed by atoms with E-state index in [2.05, 4.69) is 31.1 Å². The molecule has 2 aromatic heterocycles. The molecular formula is C14H20N2OS. The van der Waals surface area contributed by atoms with Gasteiger partial charge in [0, 0.05) is 11.4 Å². The molecule has 0 saturated carbocycles. The minimum Gasteiger partial charge on any atom is -0.462 e. The Hall–Kier alpha value is -1.13. The molecule has 4 heteroatoms. The topological polar surface area (TPSA) is 38.1 Å². The summed E-state index contributed by atoms with van der Waals surface area (Å²) >= 11 is 1.73. The maximum absolute atomic E-state index is 5.40.